The Bertz CT molecular complexity index is 882. The Hall–Kier alpha value is -2.68. The zero-order valence-corrected chi connectivity index (χ0v) is 13.6. The maximum absolute atomic E-state index is 12.1. The summed E-state index contributed by atoms with van der Waals surface area (Å²) in [6.45, 7) is 0. The first-order chi connectivity index (χ1) is 11.3. The summed E-state index contributed by atoms with van der Waals surface area (Å²) in [6, 6.07) is 5.72. The zero-order chi connectivity index (χ0) is 17.3. The van der Waals surface area contributed by atoms with E-state index in [0.29, 0.717) is 5.69 Å². The minimum atomic E-state index is -3.29. The minimum absolute atomic E-state index is 0.00235. The number of carbonyl (C=O) groups is 2. The molecule has 0 radical (unpaired) electrons. The molecule has 1 aromatic carbocycles. The third kappa shape index (κ3) is 3.80. The van der Waals surface area contributed by atoms with Crippen LogP contribution in [0.4, 0.5) is 11.7 Å². The van der Waals surface area contributed by atoms with Crippen molar-refractivity contribution in [3.05, 3.63) is 36.2 Å². The first-order valence-electron chi connectivity index (χ1n) is 7.21. The van der Waals surface area contributed by atoms with Crippen LogP contribution in [0.15, 0.2) is 39.8 Å². The van der Waals surface area contributed by atoms with Crippen molar-refractivity contribution in [1.82, 2.24) is 4.98 Å². The number of anilines is 2. The molecular formula is C15H15N3O5S. The van der Waals surface area contributed by atoms with Crippen molar-refractivity contribution >= 4 is 33.4 Å². The van der Waals surface area contributed by atoms with Crippen molar-refractivity contribution in [2.45, 2.75) is 17.7 Å². The van der Waals surface area contributed by atoms with Crippen molar-refractivity contribution in [3.8, 4) is 0 Å². The summed E-state index contributed by atoms with van der Waals surface area (Å²) in [5, 5.41) is 5.07. The summed E-state index contributed by atoms with van der Waals surface area (Å²) in [4.78, 5) is 27.7. The lowest BCUT2D eigenvalue weighted by atomic mass is 10.3. The number of oxazole rings is 1. The molecule has 9 heteroatoms. The van der Waals surface area contributed by atoms with Gasteiger partial charge < -0.3 is 9.73 Å². The molecule has 1 aliphatic carbocycles. The van der Waals surface area contributed by atoms with Gasteiger partial charge in [0.25, 0.3) is 5.91 Å². The highest BCUT2D eigenvalue weighted by Crippen LogP contribution is 2.30. The van der Waals surface area contributed by atoms with Gasteiger partial charge >= 0.3 is 6.01 Å². The molecule has 0 aliphatic heterocycles. The standard InChI is InChI=1S/C15H15N3O5S/c1-24(21,22)11-6-4-10(5-7-11)16-14(20)12-8-23-15(17-12)18-13(19)9-2-3-9/h4-9H,2-3H2,1H3,(H,16,20)(H,17,18,19). The number of benzene rings is 1. The summed E-state index contributed by atoms with van der Waals surface area (Å²) < 4.78 is 27.8. The van der Waals surface area contributed by atoms with Gasteiger partial charge in [-0.2, -0.15) is 4.98 Å². The van der Waals surface area contributed by atoms with Crippen LogP contribution in [0.3, 0.4) is 0 Å². The molecule has 0 bridgehead atoms. The van der Waals surface area contributed by atoms with Gasteiger partial charge in [0.1, 0.15) is 6.26 Å². The molecule has 1 fully saturated rings. The quantitative estimate of drug-likeness (QED) is 0.848. The lowest BCUT2D eigenvalue weighted by molar-refractivity contribution is -0.117. The average molecular weight is 349 g/mol. The van der Waals surface area contributed by atoms with Crippen LogP contribution in [-0.2, 0) is 14.6 Å². The van der Waals surface area contributed by atoms with Crippen molar-refractivity contribution in [1.29, 1.82) is 0 Å². The van der Waals surface area contributed by atoms with Gasteiger partial charge in [-0.3, -0.25) is 14.9 Å². The third-order valence-corrected chi connectivity index (χ3v) is 4.58. The van der Waals surface area contributed by atoms with Gasteiger partial charge in [-0.1, -0.05) is 0 Å². The Kier molecular flexibility index (Phi) is 4.10. The van der Waals surface area contributed by atoms with E-state index in [1.807, 2.05) is 0 Å². The van der Waals surface area contributed by atoms with Gasteiger partial charge in [0.05, 0.1) is 4.90 Å². The summed E-state index contributed by atoms with van der Waals surface area (Å²) >= 11 is 0. The average Bonchev–Trinajstić information content (AvgIpc) is 3.27. The molecule has 3 rings (SSSR count). The second kappa shape index (κ2) is 6.08. The molecule has 1 aromatic heterocycles. The first kappa shape index (κ1) is 16.2. The second-order valence-corrected chi connectivity index (χ2v) is 7.57. The molecule has 0 spiro atoms. The summed E-state index contributed by atoms with van der Waals surface area (Å²) in [5.41, 5.74) is 0.423. The smallest absolute Gasteiger partial charge is 0.302 e. The molecule has 0 unspecified atom stereocenters. The van der Waals surface area contributed by atoms with Gasteiger partial charge in [-0.15, -0.1) is 0 Å². The minimum Gasteiger partial charge on any atom is -0.431 e. The summed E-state index contributed by atoms with van der Waals surface area (Å²) in [6.07, 6.45) is 3.95. The molecule has 24 heavy (non-hydrogen) atoms. The molecule has 2 aromatic rings. The molecule has 2 amide bonds. The molecule has 0 atom stereocenters. The normalized spacial score (nSPS) is 14.2. The fourth-order valence-corrected chi connectivity index (χ4v) is 2.60. The Morgan fingerprint density at radius 3 is 2.42 bits per heavy atom. The summed E-state index contributed by atoms with van der Waals surface area (Å²) in [5.74, 6) is -0.694. The number of carbonyl (C=O) groups excluding carboxylic acids is 2. The van der Waals surface area contributed by atoms with E-state index >= 15 is 0 Å². The lowest BCUT2D eigenvalue weighted by Gasteiger charge is -2.04. The Morgan fingerprint density at radius 2 is 1.83 bits per heavy atom. The van der Waals surface area contributed by atoms with Gasteiger partial charge in [-0.05, 0) is 37.1 Å². The van der Waals surface area contributed by atoms with Crippen LogP contribution in [0.25, 0.3) is 0 Å². The molecule has 126 valence electrons. The maximum Gasteiger partial charge on any atom is 0.302 e. The van der Waals surface area contributed by atoms with Crippen LogP contribution >= 0.6 is 0 Å². The van der Waals surface area contributed by atoms with E-state index in [0.717, 1.165) is 25.4 Å². The van der Waals surface area contributed by atoms with Gasteiger partial charge in [0.2, 0.25) is 5.91 Å². The highest BCUT2D eigenvalue weighted by molar-refractivity contribution is 7.90. The number of nitrogens with one attached hydrogen (secondary N) is 2. The number of nitrogens with zero attached hydrogens (tertiary/aromatic N) is 1. The van der Waals surface area contributed by atoms with Crippen LogP contribution < -0.4 is 10.6 Å². The van der Waals surface area contributed by atoms with Crippen molar-refractivity contribution in [3.63, 3.8) is 0 Å². The van der Waals surface area contributed by atoms with Crippen molar-refractivity contribution in [2.24, 2.45) is 5.92 Å². The molecule has 1 heterocycles. The van der Waals surface area contributed by atoms with Crippen molar-refractivity contribution in [2.75, 3.05) is 16.9 Å². The van der Waals surface area contributed by atoms with Crippen LogP contribution in [0, 0.1) is 5.92 Å². The number of hydrogen-bond acceptors (Lipinski definition) is 6. The van der Waals surface area contributed by atoms with E-state index in [-0.39, 0.29) is 28.4 Å². The first-order valence-corrected chi connectivity index (χ1v) is 9.10. The van der Waals surface area contributed by atoms with Crippen LogP contribution in [0.2, 0.25) is 0 Å². The number of aromatic nitrogens is 1. The SMILES string of the molecule is CS(=O)(=O)c1ccc(NC(=O)c2coc(NC(=O)C3CC3)n2)cc1. The Morgan fingerprint density at radius 1 is 1.17 bits per heavy atom. The number of rotatable bonds is 5. The Labute approximate surface area is 138 Å². The largest absolute Gasteiger partial charge is 0.431 e. The van der Waals surface area contributed by atoms with Crippen molar-refractivity contribution < 1.29 is 22.4 Å². The highest BCUT2D eigenvalue weighted by atomic mass is 32.2. The zero-order valence-electron chi connectivity index (χ0n) is 12.8. The van der Waals surface area contributed by atoms with Gasteiger partial charge in [0, 0.05) is 17.9 Å². The van der Waals surface area contributed by atoms with Crippen LogP contribution in [0.1, 0.15) is 23.3 Å². The molecule has 1 saturated carbocycles. The molecule has 0 saturated heterocycles. The number of amides is 2. The molecule has 2 N–H and O–H groups in total. The number of sulfone groups is 1. The van der Waals surface area contributed by atoms with Gasteiger partial charge in [0.15, 0.2) is 15.5 Å². The van der Waals surface area contributed by atoms with E-state index in [1.54, 1.807) is 0 Å². The highest BCUT2D eigenvalue weighted by Gasteiger charge is 2.30. The maximum atomic E-state index is 12.1. The van der Waals surface area contributed by atoms with E-state index in [9.17, 15) is 18.0 Å². The second-order valence-electron chi connectivity index (χ2n) is 5.55. The van der Waals surface area contributed by atoms with E-state index in [1.165, 1.54) is 24.3 Å². The third-order valence-electron chi connectivity index (χ3n) is 3.46. The lowest BCUT2D eigenvalue weighted by Crippen LogP contribution is -2.15. The van der Waals surface area contributed by atoms with Crippen LogP contribution in [-0.4, -0.2) is 31.5 Å². The van der Waals surface area contributed by atoms with Gasteiger partial charge in [-0.25, -0.2) is 8.42 Å². The van der Waals surface area contributed by atoms with E-state index < -0.39 is 15.7 Å². The monoisotopic (exact) mass is 349 g/mol. The number of hydrogen-bond donors (Lipinski definition) is 2. The molecular weight excluding hydrogens is 334 g/mol. The fraction of sp³-hybridized carbons (Fsp3) is 0.267. The predicted molar refractivity (Wildman–Crippen MR) is 85.4 cm³/mol. The van der Waals surface area contributed by atoms with E-state index in [2.05, 4.69) is 15.6 Å². The molecule has 1 aliphatic rings. The Balaban J connectivity index is 1.64. The summed E-state index contributed by atoms with van der Waals surface area (Å²) in [7, 11) is -3.29. The topological polar surface area (TPSA) is 118 Å². The predicted octanol–water partition coefficient (Wildman–Crippen LogP) is 1.68. The van der Waals surface area contributed by atoms with E-state index in [4.69, 9.17) is 4.42 Å². The fourth-order valence-electron chi connectivity index (χ4n) is 1.97. The molecule has 8 nitrogen and oxygen atoms in total. The van der Waals surface area contributed by atoms with Crippen LogP contribution in [0.5, 0.6) is 0 Å².